The lowest BCUT2D eigenvalue weighted by Crippen LogP contribution is -2.27. The molecule has 0 aromatic heterocycles. The van der Waals surface area contributed by atoms with Crippen LogP contribution in [0.15, 0.2) is 48.5 Å². The van der Waals surface area contributed by atoms with Crippen LogP contribution in [-0.4, -0.2) is 23.6 Å². The van der Waals surface area contributed by atoms with E-state index in [1.807, 2.05) is 12.1 Å². The van der Waals surface area contributed by atoms with Crippen molar-refractivity contribution in [2.45, 2.75) is 45.1 Å². The zero-order chi connectivity index (χ0) is 19.2. The molecule has 0 aliphatic heterocycles. The number of nitrogens with one attached hydrogen (secondary N) is 2. The van der Waals surface area contributed by atoms with Crippen LogP contribution in [0.3, 0.4) is 0 Å². The second-order valence-electron chi connectivity index (χ2n) is 6.82. The van der Waals surface area contributed by atoms with E-state index in [4.69, 9.17) is 0 Å². The summed E-state index contributed by atoms with van der Waals surface area (Å²) in [5.41, 5.74) is 2.70. The Kier molecular flexibility index (Phi) is 6.01. The lowest BCUT2D eigenvalue weighted by molar-refractivity contribution is -0.116. The molecule has 3 rings (SSSR count). The molecule has 0 atom stereocenters. The van der Waals surface area contributed by atoms with E-state index in [9.17, 15) is 14.4 Å². The van der Waals surface area contributed by atoms with Crippen LogP contribution in [-0.2, 0) is 11.2 Å². The van der Waals surface area contributed by atoms with Crippen molar-refractivity contribution in [3.8, 4) is 0 Å². The molecule has 0 spiro atoms. The fourth-order valence-electron chi connectivity index (χ4n) is 2.79. The monoisotopic (exact) mass is 364 g/mol. The van der Waals surface area contributed by atoms with Crippen LogP contribution in [0.2, 0.25) is 0 Å². The minimum absolute atomic E-state index is 0.0624. The van der Waals surface area contributed by atoms with E-state index in [0.717, 1.165) is 19.3 Å². The van der Waals surface area contributed by atoms with Crippen LogP contribution in [0.1, 0.15) is 58.9 Å². The first-order chi connectivity index (χ1) is 13.1. The zero-order valence-electron chi connectivity index (χ0n) is 15.5. The Morgan fingerprint density at radius 2 is 1.67 bits per heavy atom. The van der Waals surface area contributed by atoms with Gasteiger partial charge < -0.3 is 10.6 Å². The van der Waals surface area contributed by atoms with Gasteiger partial charge in [0.05, 0.1) is 11.3 Å². The van der Waals surface area contributed by atoms with E-state index in [2.05, 4.69) is 17.6 Å². The van der Waals surface area contributed by atoms with Crippen molar-refractivity contribution in [1.82, 2.24) is 5.32 Å². The molecule has 5 nitrogen and oxygen atoms in total. The largest absolute Gasteiger partial charge is 0.349 e. The van der Waals surface area contributed by atoms with Gasteiger partial charge in [-0.25, -0.2) is 0 Å². The minimum atomic E-state index is -0.278. The second-order valence-corrected chi connectivity index (χ2v) is 6.82. The van der Waals surface area contributed by atoms with Crippen molar-refractivity contribution in [2.24, 2.45) is 0 Å². The number of anilines is 1. The number of Topliss-reactive ketones (excluding diaryl/α,β-unsaturated/α-hetero) is 1. The number of amides is 2. The van der Waals surface area contributed by atoms with Gasteiger partial charge in [0.2, 0.25) is 5.91 Å². The lowest BCUT2D eigenvalue weighted by atomic mass is 10.0. The quantitative estimate of drug-likeness (QED) is 0.701. The summed E-state index contributed by atoms with van der Waals surface area (Å²) in [6, 6.07) is 14.6. The molecule has 5 heteroatoms. The van der Waals surface area contributed by atoms with Gasteiger partial charge in [0, 0.05) is 24.4 Å². The molecule has 1 aliphatic rings. The molecular formula is C22H24N2O3. The number of para-hydroxylation sites is 1. The standard InChI is InChI=1S/C22H24N2O3/c1-2-15-7-9-16(10-8-15)20(25)13-14-21(26)24-19-6-4-3-5-18(19)22(27)23-17-11-12-17/h3-10,17H,2,11-14H2,1H3,(H,23,27)(H,24,26). The molecule has 1 aliphatic carbocycles. The first-order valence-corrected chi connectivity index (χ1v) is 9.38. The summed E-state index contributed by atoms with van der Waals surface area (Å²) in [6.45, 7) is 2.06. The molecule has 2 N–H and O–H groups in total. The summed E-state index contributed by atoms with van der Waals surface area (Å²) < 4.78 is 0. The predicted octanol–water partition coefficient (Wildman–Crippen LogP) is 3.74. The molecule has 0 bridgehead atoms. The number of ketones is 1. The highest BCUT2D eigenvalue weighted by atomic mass is 16.2. The Morgan fingerprint density at radius 1 is 0.963 bits per heavy atom. The Balaban J connectivity index is 1.55. The van der Waals surface area contributed by atoms with Crippen LogP contribution in [0.4, 0.5) is 5.69 Å². The zero-order valence-corrected chi connectivity index (χ0v) is 15.5. The Labute approximate surface area is 159 Å². The van der Waals surface area contributed by atoms with E-state index in [1.165, 1.54) is 5.56 Å². The van der Waals surface area contributed by atoms with Crippen molar-refractivity contribution in [2.75, 3.05) is 5.32 Å². The van der Waals surface area contributed by atoms with Crippen LogP contribution >= 0.6 is 0 Å². The maximum Gasteiger partial charge on any atom is 0.253 e. The third kappa shape index (κ3) is 5.26. The number of aryl methyl sites for hydroxylation is 1. The SMILES string of the molecule is CCc1ccc(C(=O)CCC(=O)Nc2ccccc2C(=O)NC2CC2)cc1. The van der Waals surface area contributed by atoms with Gasteiger partial charge in [-0.1, -0.05) is 43.3 Å². The molecule has 0 radical (unpaired) electrons. The molecule has 1 fully saturated rings. The summed E-state index contributed by atoms with van der Waals surface area (Å²) in [7, 11) is 0. The second kappa shape index (κ2) is 8.62. The minimum Gasteiger partial charge on any atom is -0.349 e. The molecule has 140 valence electrons. The molecule has 0 heterocycles. The van der Waals surface area contributed by atoms with Crippen molar-refractivity contribution in [3.05, 3.63) is 65.2 Å². The molecule has 27 heavy (non-hydrogen) atoms. The van der Waals surface area contributed by atoms with Crippen molar-refractivity contribution in [3.63, 3.8) is 0 Å². The summed E-state index contributed by atoms with van der Waals surface area (Å²) in [5, 5.41) is 5.68. The molecular weight excluding hydrogens is 340 g/mol. The average Bonchev–Trinajstić information content (AvgIpc) is 3.50. The summed E-state index contributed by atoms with van der Waals surface area (Å²) in [5.74, 6) is -0.520. The Bertz CT molecular complexity index is 839. The smallest absolute Gasteiger partial charge is 0.253 e. The van der Waals surface area contributed by atoms with Crippen LogP contribution in [0, 0.1) is 0 Å². The number of carbonyl (C=O) groups excluding carboxylic acids is 3. The number of hydrogen-bond acceptors (Lipinski definition) is 3. The Morgan fingerprint density at radius 3 is 2.33 bits per heavy atom. The van der Waals surface area contributed by atoms with Crippen molar-refractivity contribution >= 4 is 23.3 Å². The predicted molar refractivity (Wildman–Crippen MR) is 105 cm³/mol. The molecule has 1 saturated carbocycles. The fraction of sp³-hybridized carbons (Fsp3) is 0.318. The third-order valence-electron chi connectivity index (χ3n) is 4.62. The highest BCUT2D eigenvalue weighted by molar-refractivity contribution is 6.05. The molecule has 0 unspecified atom stereocenters. The van der Waals surface area contributed by atoms with Crippen molar-refractivity contribution < 1.29 is 14.4 Å². The highest BCUT2D eigenvalue weighted by Crippen LogP contribution is 2.21. The molecule has 2 aromatic rings. The molecule has 0 saturated heterocycles. The first kappa shape index (κ1) is 18.8. The summed E-state index contributed by atoms with van der Waals surface area (Å²) >= 11 is 0. The van der Waals surface area contributed by atoms with Crippen LogP contribution < -0.4 is 10.6 Å². The number of benzene rings is 2. The summed E-state index contributed by atoms with van der Waals surface area (Å²) in [4.78, 5) is 36.8. The maximum atomic E-state index is 12.3. The van der Waals surface area contributed by atoms with E-state index < -0.39 is 0 Å². The number of rotatable bonds is 8. The molecule has 2 amide bonds. The fourth-order valence-corrected chi connectivity index (χ4v) is 2.79. The van der Waals surface area contributed by atoms with Gasteiger partial charge in [-0.15, -0.1) is 0 Å². The van der Waals surface area contributed by atoms with E-state index >= 15 is 0 Å². The maximum absolute atomic E-state index is 12.3. The van der Waals surface area contributed by atoms with Crippen molar-refractivity contribution in [1.29, 1.82) is 0 Å². The normalized spacial score (nSPS) is 13.1. The van der Waals surface area contributed by atoms with Gasteiger partial charge in [-0.3, -0.25) is 14.4 Å². The van der Waals surface area contributed by atoms with E-state index in [-0.39, 0.29) is 36.5 Å². The Hall–Kier alpha value is -2.95. The average molecular weight is 364 g/mol. The van der Waals surface area contributed by atoms with E-state index in [1.54, 1.807) is 36.4 Å². The highest BCUT2D eigenvalue weighted by Gasteiger charge is 2.25. The summed E-state index contributed by atoms with van der Waals surface area (Å²) in [6.07, 6.45) is 3.13. The van der Waals surface area contributed by atoms with Crippen LogP contribution in [0.25, 0.3) is 0 Å². The van der Waals surface area contributed by atoms with Gasteiger partial charge in [0.25, 0.3) is 5.91 Å². The third-order valence-corrected chi connectivity index (χ3v) is 4.62. The topological polar surface area (TPSA) is 75.3 Å². The van der Waals surface area contributed by atoms with Crippen LogP contribution in [0.5, 0.6) is 0 Å². The lowest BCUT2D eigenvalue weighted by Gasteiger charge is -2.11. The molecule has 2 aromatic carbocycles. The van der Waals surface area contributed by atoms with Gasteiger partial charge in [-0.2, -0.15) is 0 Å². The van der Waals surface area contributed by atoms with Gasteiger partial charge in [-0.05, 0) is 37.0 Å². The van der Waals surface area contributed by atoms with E-state index in [0.29, 0.717) is 16.8 Å². The van der Waals surface area contributed by atoms with Gasteiger partial charge >= 0.3 is 0 Å². The first-order valence-electron chi connectivity index (χ1n) is 9.38. The van der Waals surface area contributed by atoms with Gasteiger partial charge in [0.1, 0.15) is 0 Å². The number of carbonyl (C=O) groups is 3. The van der Waals surface area contributed by atoms with Gasteiger partial charge in [0.15, 0.2) is 5.78 Å². The number of hydrogen-bond donors (Lipinski definition) is 2.